The lowest BCUT2D eigenvalue weighted by Crippen LogP contribution is -2.21. The van der Waals surface area contributed by atoms with Gasteiger partial charge in [-0.25, -0.2) is 9.78 Å². The van der Waals surface area contributed by atoms with Gasteiger partial charge < -0.3 is 18.8 Å². The summed E-state index contributed by atoms with van der Waals surface area (Å²) in [7, 11) is 0. The number of carboxylic acid groups (broad SMARTS) is 1. The van der Waals surface area contributed by atoms with Crippen LogP contribution in [0.15, 0.2) is 81.9 Å². The highest BCUT2D eigenvalue weighted by Gasteiger charge is 2.21. The monoisotopic (exact) mass is 494 g/mol. The number of benzene rings is 2. The van der Waals surface area contributed by atoms with Crippen LogP contribution in [0.25, 0.3) is 11.5 Å². The van der Waals surface area contributed by atoms with Crippen molar-refractivity contribution in [3.05, 3.63) is 94.5 Å². The maximum atomic E-state index is 11.7. The summed E-state index contributed by atoms with van der Waals surface area (Å²) < 4.78 is 14.1. The summed E-state index contributed by atoms with van der Waals surface area (Å²) in [6, 6.07) is 20.3. The summed E-state index contributed by atoms with van der Waals surface area (Å²) >= 11 is 3.40. The fourth-order valence-corrected chi connectivity index (χ4v) is 4.02. The van der Waals surface area contributed by atoms with Gasteiger partial charge in [0.2, 0.25) is 5.89 Å². The fraction of sp³-hybridized carbons (Fsp3) is 0.200. The number of carboxylic acids is 1. The van der Waals surface area contributed by atoms with Gasteiger partial charge >= 0.3 is 5.97 Å². The van der Waals surface area contributed by atoms with Crippen LogP contribution in [0.3, 0.4) is 0 Å². The molecule has 164 valence electrons. The van der Waals surface area contributed by atoms with E-state index in [4.69, 9.17) is 9.15 Å². The molecule has 2 aromatic carbocycles. The molecule has 0 bridgehead atoms. The lowest BCUT2D eigenvalue weighted by Gasteiger charge is -2.16. The Hall–Kier alpha value is -3.32. The molecule has 2 aromatic heterocycles. The molecule has 4 rings (SSSR count). The van der Waals surface area contributed by atoms with Crippen LogP contribution in [0, 0.1) is 6.92 Å². The first kappa shape index (κ1) is 21.9. The van der Waals surface area contributed by atoms with Gasteiger partial charge in [0, 0.05) is 24.6 Å². The molecular formula is C25H23BrN2O4. The van der Waals surface area contributed by atoms with Crippen LogP contribution in [0.5, 0.6) is 5.75 Å². The number of aryl methyl sites for hydroxylation is 1. The SMILES string of the molecule is Cc1oc(-c2ccccc2)nc1CCOc1ccc(CC(C(=O)O)n2cccc2Br)cc1. The maximum absolute atomic E-state index is 11.7. The topological polar surface area (TPSA) is 77.5 Å². The molecule has 4 aromatic rings. The van der Waals surface area contributed by atoms with Crippen molar-refractivity contribution in [3.63, 3.8) is 0 Å². The Morgan fingerprint density at radius 1 is 1.12 bits per heavy atom. The van der Waals surface area contributed by atoms with E-state index in [2.05, 4.69) is 20.9 Å². The standard InChI is InChI=1S/C25H23BrN2O4/c1-17-21(27-24(32-17)19-6-3-2-4-7-19)13-15-31-20-11-9-18(10-12-20)16-22(25(29)30)28-14-5-8-23(28)26/h2-12,14,22H,13,15-16H2,1H3,(H,29,30). The number of oxazole rings is 1. The summed E-state index contributed by atoms with van der Waals surface area (Å²) in [6.45, 7) is 2.38. The molecule has 2 heterocycles. The number of halogens is 1. The van der Waals surface area contributed by atoms with E-state index < -0.39 is 12.0 Å². The molecule has 32 heavy (non-hydrogen) atoms. The summed E-state index contributed by atoms with van der Waals surface area (Å²) in [6.07, 6.45) is 2.77. The van der Waals surface area contributed by atoms with Gasteiger partial charge in [0.25, 0.3) is 0 Å². The van der Waals surface area contributed by atoms with E-state index in [1.165, 1.54) is 0 Å². The van der Waals surface area contributed by atoms with Gasteiger partial charge in [0.05, 0.1) is 16.9 Å². The Kier molecular flexibility index (Phi) is 6.75. The normalized spacial score (nSPS) is 11.9. The van der Waals surface area contributed by atoms with Gasteiger partial charge in [0.15, 0.2) is 0 Å². The Morgan fingerprint density at radius 3 is 2.53 bits per heavy atom. The molecule has 6 nitrogen and oxygen atoms in total. The third kappa shape index (κ3) is 5.11. The van der Waals surface area contributed by atoms with E-state index in [0.717, 1.165) is 32.9 Å². The van der Waals surface area contributed by atoms with E-state index in [-0.39, 0.29) is 0 Å². The number of aromatic nitrogens is 2. The molecule has 0 aliphatic heterocycles. The predicted octanol–water partition coefficient (Wildman–Crippen LogP) is 5.70. The van der Waals surface area contributed by atoms with Crippen LogP contribution in [0.2, 0.25) is 0 Å². The Bertz CT molecular complexity index is 1180. The number of hydrogen-bond acceptors (Lipinski definition) is 4. The number of carbonyl (C=O) groups is 1. The van der Waals surface area contributed by atoms with Crippen molar-refractivity contribution in [2.45, 2.75) is 25.8 Å². The van der Waals surface area contributed by atoms with E-state index in [9.17, 15) is 9.90 Å². The van der Waals surface area contributed by atoms with Crippen molar-refractivity contribution in [1.29, 1.82) is 0 Å². The first-order chi connectivity index (χ1) is 15.5. The highest BCUT2D eigenvalue weighted by Crippen LogP contribution is 2.24. The fourth-order valence-electron chi connectivity index (χ4n) is 3.50. The molecule has 0 fully saturated rings. The number of hydrogen-bond donors (Lipinski definition) is 1. The van der Waals surface area contributed by atoms with Crippen molar-refractivity contribution >= 4 is 21.9 Å². The van der Waals surface area contributed by atoms with Crippen LogP contribution in [0.4, 0.5) is 0 Å². The zero-order chi connectivity index (χ0) is 22.5. The van der Waals surface area contributed by atoms with Crippen molar-refractivity contribution in [2.75, 3.05) is 6.61 Å². The lowest BCUT2D eigenvalue weighted by molar-refractivity contribution is -0.140. The number of ether oxygens (including phenoxy) is 1. The number of aliphatic carboxylic acids is 1. The van der Waals surface area contributed by atoms with E-state index in [1.807, 2.05) is 73.7 Å². The van der Waals surface area contributed by atoms with Crippen LogP contribution in [-0.2, 0) is 17.6 Å². The summed E-state index contributed by atoms with van der Waals surface area (Å²) in [5.74, 6) is 1.26. The van der Waals surface area contributed by atoms with Gasteiger partial charge in [-0.05, 0) is 64.8 Å². The number of nitrogens with zero attached hydrogens (tertiary/aromatic N) is 2. The van der Waals surface area contributed by atoms with Crippen molar-refractivity contribution in [1.82, 2.24) is 9.55 Å². The Labute approximate surface area is 194 Å². The second-order valence-electron chi connectivity index (χ2n) is 7.43. The van der Waals surface area contributed by atoms with Crippen LogP contribution in [-0.4, -0.2) is 27.2 Å². The largest absolute Gasteiger partial charge is 0.493 e. The molecule has 0 aliphatic rings. The quantitative estimate of drug-likeness (QED) is 0.322. The summed E-state index contributed by atoms with van der Waals surface area (Å²) in [5.41, 5.74) is 2.75. The summed E-state index contributed by atoms with van der Waals surface area (Å²) in [5, 5.41) is 9.63. The average Bonchev–Trinajstić information content (AvgIpc) is 3.39. The molecule has 0 saturated carbocycles. The molecule has 7 heteroatoms. The van der Waals surface area contributed by atoms with Gasteiger partial charge in [-0.2, -0.15) is 0 Å². The first-order valence-electron chi connectivity index (χ1n) is 10.3. The molecular weight excluding hydrogens is 472 g/mol. The van der Waals surface area contributed by atoms with E-state index in [1.54, 1.807) is 10.8 Å². The van der Waals surface area contributed by atoms with E-state index in [0.29, 0.717) is 25.3 Å². The van der Waals surface area contributed by atoms with Gasteiger partial charge in [-0.15, -0.1) is 0 Å². The third-order valence-corrected chi connectivity index (χ3v) is 5.90. The third-order valence-electron chi connectivity index (χ3n) is 5.22. The van der Waals surface area contributed by atoms with Gasteiger partial charge in [-0.1, -0.05) is 30.3 Å². The van der Waals surface area contributed by atoms with Gasteiger partial charge in [0.1, 0.15) is 17.6 Å². The van der Waals surface area contributed by atoms with Crippen LogP contribution >= 0.6 is 15.9 Å². The molecule has 0 radical (unpaired) electrons. The number of rotatable bonds is 9. The Morgan fingerprint density at radius 2 is 1.88 bits per heavy atom. The van der Waals surface area contributed by atoms with E-state index >= 15 is 0 Å². The second-order valence-corrected chi connectivity index (χ2v) is 8.24. The van der Waals surface area contributed by atoms with Gasteiger partial charge in [-0.3, -0.25) is 0 Å². The first-order valence-corrected chi connectivity index (χ1v) is 11.1. The minimum Gasteiger partial charge on any atom is -0.493 e. The maximum Gasteiger partial charge on any atom is 0.327 e. The molecule has 0 spiro atoms. The minimum absolute atomic E-state index is 0.378. The summed E-state index contributed by atoms with van der Waals surface area (Å²) in [4.78, 5) is 16.3. The highest BCUT2D eigenvalue weighted by atomic mass is 79.9. The van der Waals surface area contributed by atoms with Crippen LogP contribution in [0.1, 0.15) is 23.1 Å². The lowest BCUT2D eigenvalue weighted by atomic mass is 10.1. The molecule has 1 N–H and O–H groups in total. The predicted molar refractivity (Wildman–Crippen MR) is 125 cm³/mol. The average molecular weight is 495 g/mol. The molecule has 1 unspecified atom stereocenters. The van der Waals surface area contributed by atoms with Crippen molar-refractivity contribution in [2.24, 2.45) is 0 Å². The zero-order valence-corrected chi connectivity index (χ0v) is 19.2. The molecule has 0 aliphatic carbocycles. The molecule has 0 saturated heterocycles. The van der Waals surface area contributed by atoms with Crippen LogP contribution < -0.4 is 4.74 Å². The molecule has 0 amide bonds. The minimum atomic E-state index is -0.875. The highest BCUT2D eigenvalue weighted by molar-refractivity contribution is 9.10. The second kappa shape index (κ2) is 9.87. The van der Waals surface area contributed by atoms with Crippen molar-refractivity contribution in [3.8, 4) is 17.2 Å². The molecule has 1 atom stereocenters. The van der Waals surface area contributed by atoms with Crippen molar-refractivity contribution < 1.29 is 19.1 Å². The zero-order valence-electron chi connectivity index (χ0n) is 17.6. The Balaban J connectivity index is 1.34. The smallest absolute Gasteiger partial charge is 0.327 e.